The average Bonchev–Trinajstić information content (AvgIpc) is 3.49. The molecule has 0 aliphatic carbocycles. The van der Waals surface area contributed by atoms with E-state index in [1.165, 1.54) is 11.8 Å². The van der Waals surface area contributed by atoms with Gasteiger partial charge in [0, 0.05) is 54.0 Å². The van der Waals surface area contributed by atoms with E-state index in [0.717, 1.165) is 51.2 Å². The van der Waals surface area contributed by atoms with Gasteiger partial charge in [-0.05, 0) is 46.1 Å². The van der Waals surface area contributed by atoms with Gasteiger partial charge in [0.05, 0.1) is 28.7 Å². The van der Waals surface area contributed by atoms with Gasteiger partial charge in [0.1, 0.15) is 11.4 Å². The first kappa shape index (κ1) is 26.0. The number of para-hydroxylation sites is 1. The molecule has 5 rings (SSSR count). The Morgan fingerprint density at radius 1 is 1.29 bits per heavy atom. The molecule has 2 aromatic heterocycles. The Balaban J connectivity index is 1.28. The smallest absolute Gasteiger partial charge is 0.410 e. The van der Waals surface area contributed by atoms with E-state index in [9.17, 15) is 4.79 Å². The van der Waals surface area contributed by atoms with Gasteiger partial charge in [0.15, 0.2) is 0 Å². The summed E-state index contributed by atoms with van der Waals surface area (Å²) in [5.41, 5.74) is 4.30. The van der Waals surface area contributed by atoms with Crippen LogP contribution < -0.4 is 15.4 Å². The molecule has 2 aliphatic rings. The highest BCUT2D eigenvalue weighted by Crippen LogP contribution is 2.44. The number of thiophene rings is 1. The van der Waals surface area contributed by atoms with Crippen LogP contribution in [0.25, 0.3) is 21.3 Å². The van der Waals surface area contributed by atoms with E-state index in [2.05, 4.69) is 40.7 Å². The maximum atomic E-state index is 12.3. The van der Waals surface area contributed by atoms with Crippen molar-refractivity contribution >= 4 is 39.8 Å². The number of carbonyl (C=O) groups excluding carboxylic acids is 1. The second-order valence-corrected chi connectivity index (χ2v) is 11.9. The Morgan fingerprint density at radius 3 is 2.82 bits per heavy atom. The third kappa shape index (κ3) is 5.60. The molecule has 1 saturated heterocycles. The SMILES string of the molecule is Cc1sc2cnc(N/C(C=N)=C/NC3CCN(C(=O)OC(C)(C)C)CC3)nc2c1-c1cccc2c1OCC2. The molecule has 0 saturated carbocycles. The number of aromatic nitrogens is 2. The number of benzene rings is 1. The molecule has 38 heavy (non-hydrogen) atoms. The van der Waals surface area contributed by atoms with Crippen molar-refractivity contribution in [3.05, 3.63) is 46.7 Å². The molecule has 1 aromatic carbocycles. The van der Waals surface area contributed by atoms with Gasteiger partial charge < -0.3 is 30.4 Å². The van der Waals surface area contributed by atoms with Crippen LogP contribution in [0.5, 0.6) is 5.75 Å². The molecule has 1 fully saturated rings. The van der Waals surface area contributed by atoms with E-state index < -0.39 is 5.60 Å². The van der Waals surface area contributed by atoms with Crippen molar-refractivity contribution in [2.24, 2.45) is 0 Å². The number of piperidine rings is 1. The topological polar surface area (TPSA) is 112 Å². The largest absolute Gasteiger partial charge is 0.492 e. The van der Waals surface area contributed by atoms with Gasteiger partial charge in [-0.1, -0.05) is 18.2 Å². The van der Waals surface area contributed by atoms with E-state index in [1.807, 2.05) is 27.0 Å². The summed E-state index contributed by atoms with van der Waals surface area (Å²) in [7, 11) is 0. The molecule has 4 heterocycles. The van der Waals surface area contributed by atoms with Crippen LogP contribution in [0.15, 0.2) is 36.3 Å². The normalized spacial score (nSPS) is 16.2. The van der Waals surface area contributed by atoms with Crippen molar-refractivity contribution in [3.8, 4) is 16.9 Å². The molecule has 3 aromatic rings. The molecule has 9 nitrogen and oxygen atoms in total. The van der Waals surface area contributed by atoms with Gasteiger partial charge in [0.25, 0.3) is 0 Å². The van der Waals surface area contributed by atoms with Crippen LogP contribution in [-0.4, -0.2) is 58.5 Å². The molecule has 0 spiro atoms. The summed E-state index contributed by atoms with van der Waals surface area (Å²) in [5.74, 6) is 1.38. The van der Waals surface area contributed by atoms with Gasteiger partial charge in [-0.15, -0.1) is 11.3 Å². The molecule has 0 bridgehead atoms. The highest BCUT2D eigenvalue weighted by molar-refractivity contribution is 7.19. The predicted octanol–water partition coefficient (Wildman–Crippen LogP) is 5.49. The summed E-state index contributed by atoms with van der Waals surface area (Å²) in [6, 6.07) is 6.48. The third-order valence-electron chi connectivity index (χ3n) is 6.62. The number of likely N-dealkylation sites (tertiary alicyclic amines) is 1. The van der Waals surface area contributed by atoms with Gasteiger partial charge in [-0.25, -0.2) is 14.8 Å². The van der Waals surface area contributed by atoms with Gasteiger partial charge in [-0.3, -0.25) is 0 Å². The number of anilines is 1. The molecule has 3 N–H and O–H groups in total. The molecule has 10 heteroatoms. The number of ether oxygens (including phenoxy) is 2. The minimum absolute atomic E-state index is 0.195. The van der Waals surface area contributed by atoms with Crippen molar-refractivity contribution in [2.75, 3.05) is 25.0 Å². The summed E-state index contributed by atoms with van der Waals surface area (Å²) in [5, 5.41) is 14.4. The number of hydrogen-bond donors (Lipinski definition) is 3. The average molecular weight is 535 g/mol. The first-order valence-electron chi connectivity index (χ1n) is 12.9. The molecule has 0 unspecified atom stereocenters. The van der Waals surface area contributed by atoms with E-state index >= 15 is 0 Å². The first-order valence-corrected chi connectivity index (χ1v) is 13.8. The van der Waals surface area contributed by atoms with Crippen LogP contribution in [0, 0.1) is 12.3 Å². The summed E-state index contributed by atoms with van der Waals surface area (Å²) in [6.45, 7) is 9.68. The second kappa shape index (κ2) is 10.6. The van der Waals surface area contributed by atoms with E-state index in [4.69, 9.17) is 19.9 Å². The number of fused-ring (bicyclic) bond motifs is 2. The number of amides is 1. The number of nitrogens with one attached hydrogen (secondary N) is 3. The van der Waals surface area contributed by atoms with Crippen molar-refractivity contribution in [2.45, 2.75) is 58.6 Å². The van der Waals surface area contributed by atoms with Gasteiger partial charge in [-0.2, -0.15) is 0 Å². The fourth-order valence-corrected chi connectivity index (χ4v) is 5.79. The first-order chi connectivity index (χ1) is 18.2. The molecular formula is C28H34N6O3S. The Kier molecular flexibility index (Phi) is 7.25. The van der Waals surface area contributed by atoms with E-state index in [1.54, 1.807) is 22.4 Å². The van der Waals surface area contributed by atoms with Crippen LogP contribution in [-0.2, 0) is 11.2 Å². The number of carbonyl (C=O) groups is 1. The Hall–Kier alpha value is -3.66. The molecular weight excluding hydrogens is 500 g/mol. The predicted molar refractivity (Wildman–Crippen MR) is 151 cm³/mol. The Labute approximate surface area is 226 Å². The quantitative estimate of drug-likeness (QED) is 0.358. The van der Waals surface area contributed by atoms with Crippen molar-refractivity contribution < 1.29 is 14.3 Å². The number of aryl methyl sites for hydroxylation is 1. The summed E-state index contributed by atoms with van der Waals surface area (Å²) >= 11 is 1.67. The van der Waals surface area contributed by atoms with E-state index in [0.29, 0.717) is 31.3 Å². The highest BCUT2D eigenvalue weighted by Gasteiger charge is 2.26. The Morgan fingerprint density at radius 2 is 2.08 bits per heavy atom. The van der Waals surface area contributed by atoms with Crippen molar-refractivity contribution in [1.29, 1.82) is 5.41 Å². The lowest BCUT2D eigenvalue weighted by Crippen LogP contribution is -2.45. The summed E-state index contributed by atoms with van der Waals surface area (Å²) in [4.78, 5) is 24.6. The lowest BCUT2D eigenvalue weighted by atomic mass is 10.0. The molecule has 0 atom stereocenters. The standard InChI is InChI=1S/C28H34N6O3S/c1-17-23(21-7-5-6-18-10-13-36-25(18)21)24-22(38-17)16-31-26(33-24)32-20(14-29)15-30-19-8-11-34(12-9-19)27(35)37-28(2,3)4/h5-7,14-16,19,29-30H,8-13H2,1-4H3,(H,31,32,33)/b20-15+,29-14?. The maximum Gasteiger partial charge on any atom is 0.410 e. The van der Waals surface area contributed by atoms with Crippen LogP contribution in [0.1, 0.15) is 44.1 Å². The third-order valence-corrected chi connectivity index (χ3v) is 7.65. The monoisotopic (exact) mass is 534 g/mol. The lowest BCUT2D eigenvalue weighted by molar-refractivity contribution is 0.0201. The Bertz CT molecular complexity index is 1390. The zero-order valence-electron chi connectivity index (χ0n) is 22.3. The van der Waals surface area contributed by atoms with Crippen LogP contribution in [0.3, 0.4) is 0 Å². The fraction of sp³-hybridized carbons (Fsp3) is 0.429. The van der Waals surface area contributed by atoms with Gasteiger partial charge >= 0.3 is 6.09 Å². The molecule has 200 valence electrons. The molecule has 0 radical (unpaired) electrons. The lowest BCUT2D eigenvalue weighted by Gasteiger charge is -2.33. The minimum Gasteiger partial charge on any atom is -0.492 e. The molecule has 1 amide bonds. The summed E-state index contributed by atoms with van der Waals surface area (Å²) < 4.78 is 12.5. The maximum absolute atomic E-state index is 12.3. The summed E-state index contributed by atoms with van der Waals surface area (Å²) in [6.07, 6.45) is 7.11. The van der Waals surface area contributed by atoms with E-state index in [-0.39, 0.29) is 12.1 Å². The number of hydrogen-bond acceptors (Lipinski definition) is 9. The van der Waals surface area contributed by atoms with Crippen LogP contribution in [0.4, 0.5) is 10.7 Å². The zero-order valence-corrected chi connectivity index (χ0v) is 23.1. The van der Waals surface area contributed by atoms with Gasteiger partial charge in [0.2, 0.25) is 5.95 Å². The number of rotatable bonds is 6. The van der Waals surface area contributed by atoms with Crippen LogP contribution >= 0.6 is 11.3 Å². The minimum atomic E-state index is -0.498. The fourth-order valence-electron chi connectivity index (χ4n) is 4.80. The van der Waals surface area contributed by atoms with Crippen molar-refractivity contribution in [3.63, 3.8) is 0 Å². The zero-order chi connectivity index (χ0) is 26.9. The number of nitrogens with zero attached hydrogens (tertiary/aromatic N) is 3. The highest BCUT2D eigenvalue weighted by atomic mass is 32.1. The van der Waals surface area contributed by atoms with Crippen LogP contribution in [0.2, 0.25) is 0 Å². The number of allylic oxidation sites excluding steroid dienone is 1. The van der Waals surface area contributed by atoms with Crippen molar-refractivity contribution in [1.82, 2.24) is 20.2 Å². The second-order valence-electron chi connectivity index (χ2n) is 10.6. The molecule has 2 aliphatic heterocycles.